The molecule has 0 aromatic heterocycles. The molecule has 0 rings (SSSR count). The van der Waals surface area contributed by atoms with Gasteiger partial charge < -0.3 is 0 Å². The first-order valence-electron chi connectivity index (χ1n) is 21.5. The highest BCUT2D eigenvalue weighted by atomic mass is 14.3. The fourth-order valence-corrected chi connectivity index (χ4v) is 4.76. The van der Waals surface area contributed by atoms with Crippen molar-refractivity contribution in [1.29, 1.82) is 0 Å². The number of rotatable bonds is 13. The van der Waals surface area contributed by atoms with Gasteiger partial charge in [-0.1, -0.05) is 215 Å². The average molecular weight is 711 g/mol. The van der Waals surface area contributed by atoms with Crippen LogP contribution in [0.2, 0.25) is 0 Å². The maximum atomic E-state index is 3.67. The van der Waals surface area contributed by atoms with Gasteiger partial charge in [-0.3, -0.25) is 0 Å². The van der Waals surface area contributed by atoms with Crippen LogP contribution in [0.15, 0.2) is 23.8 Å². The van der Waals surface area contributed by atoms with Crippen molar-refractivity contribution in [3.63, 3.8) is 0 Å². The van der Waals surface area contributed by atoms with Crippen LogP contribution in [0.4, 0.5) is 0 Å². The Morgan fingerprint density at radius 1 is 0.620 bits per heavy atom. The topological polar surface area (TPSA) is 0 Å². The van der Waals surface area contributed by atoms with E-state index in [1.54, 1.807) is 0 Å². The monoisotopic (exact) mass is 711 g/mol. The maximum Gasteiger partial charge on any atom is 0 e. The van der Waals surface area contributed by atoms with Gasteiger partial charge in [-0.25, -0.2) is 0 Å². The third-order valence-electron chi connectivity index (χ3n) is 13.1. The predicted octanol–water partition coefficient (Wildman–Crippen LogP) is 19.2. The highest BCUT2D eigenvalue weighted by Gasteiger charge is 2.28. The molecule has 310 valence electrons. The molecule has 0 fully saturated rings. The van der Waals surface area contributed by atoms with E-state index in [1.165, 1.54) is 49.7 Å². The van der Waals surface area contributed by atoms with E-state index >= 15 is 0 Å². The molecule has 0 aliphatic rings. The summed E-state index contributed by atoms with van der Waals surface area (Å²) in [6.45, 7) is 67.5. The van der Waals surface area contributed by atoms with Gasteiger partial charge in [-0.15, -0.1) is 6.58 Å². The largest absolute Gasteiger partial charge is 0.100 e. The predicted molar refractivity (Wildman–Crippen MR) is 245 cm³/mol. The lowest BCUT2D eigenvalue weighted by atomic mass is 9.71. The molecule has 0 radical (unpaired) electrons. The van der Waals surface area contributed by atoms with Crippen LogP contribution in [0.25, 0.3) is 0 Å². The van der Waals surface area contributed by atoms with Crippen LogP contribution in [0.1, 0.15) is 240 Å². The molecule has 0 aliphatic heterocycles. The molecule has 0 N–H and O–H groups in total. The van der Waals surface area contributed by atoms with Crippen molar-refractivity contribution in [1.82, 2.24) is 0 Å². The molecule has 0 spiro atoms. The van der Waals surface area contributed by atoms with Crippen molar-refractivity contribution in [3.8, 4) is 0 Å². The lowest BCUT2D eigenvalue weighted by Crippen LogP contribution is -2.27. The van der Waals surface area contributed by atoms with Gasteiger partial charge in [0.05, 0.1) is 0 Å². The van der Waals surface area contributed by atoms with Crippen LogP contribution in [0, 0.1) is 63.1 Å². The molecule has 0 saturated heterocycles. The Bertz CT molecular complexity index is 762. The van der Waals surface area contributed by atoms with Gasteiger partial charge >= 0.3 is 0 Å². The third-order valence-corrected chi connectivity index (χ3v) is 13.1. The van der Waals surface area contributed by atoms with Gasteiger partial charge in [0.25, 0.3) is 0 Å². The molecule has 0 aliphatic carbocycles. The number of hydrogen-bond acceptors (Lipinski definition) is 0. The molecular formula is C50H110. The molecule has 0 heteroatoms. The SMILES string of the molecule is C=C(C)CC.CC=C(C)C.CCC(C)(C)C(C)C(C)C.CCC(C)C(C)(C)C(C)C.CCC(C)C(C)C(C)(C)C.CCC(C)CC(C)(C)CC.[HH]. The fourth-order valence-electron chi connectivity index (χ4n) is 4.76. The minimum atomic E-state index is 0. The third kappa shape index (κ3) is 37.2. The van der Waals surface area contributed by atoms with Crippen molar-refractivity contribution in [2.75, 3.05) is 0 Å². The van der Waals surface area contributed by atoms with Gasteiger partial charge in [0.1, 0.15) is 0 Å². The van der Waals surface area contributed by atoms with E-state index in [0.717, 1.165) is 47.8 Å². The van der Waals surface area contributed by atoms with Crippen molar-refractivity contribution < 1.29 is 1.43 Å². The first-order valence-corrected chi connectivity index (χ1v) is 21.5. The average Bonchev–Trinajstić information content (AvgIpc) is 3.03. The molecule has 0 heterocycles. The Morgan fingerprint density at radius 2 is 1.00 bits per heavy atom. The zero-order valence-corrected chi connectivity index (χ0v) is 41.3. The van der Waals surface area contributed by atoms with Crippen LogP contribution < -0.4 is 0 Å². The molecule has 5 unspecified atom stereocenters. The van der Waals surface area contributed by atoms with E-state index in [1.807, 2.05) is 13.8 Å². The summed E-state index contributed by atoms with van der Waals surface area (Å²) in [5.74, 6) is 5.87. The van der Waals surface area contributed by atoms with Crippen LogP contribution in [-0.2, 0) is 0 Å². The standard InChI is InChI=1S/4C10H22.2C5H10.H2/c1-7-8(2)9(3)10(4,5)6;1-7-10(5,6)9(4)8(2)3;1-7-9(4)10(5,6)8(2)3;1-6-9(3)8-10(4,5)7-2;2*1-4-5(2)3;/h3*8-9H,7H2,1-6H3;9H,6-8H2,1-5H3;4H,1-3H3;2,4H2,1,3H3;1H. The van der Waals surface area contributed by atoms with Gasteiger partial charge in [0, 0.05) is 1.43 Å². The summed E-state index contributed by atoms with van der Waals surface area (Å²) in [4.78, 5) is 0. The minimum absolute atomic E-state index is 0. The molecule has 5 atom stereocenters. The summed E-state index contributed by atoms with van der Waals surface area (Å²) in [5, 5.41) is 0. The van der Waals surface area contributed by atoms with E-state index in [0.29, 0.717) is 21.7 Å². The smallest absolute Gasteiger partial charge is 0 e. The highest BCUT2D eigenvalue weighted by molar-refractivity contribution is 4.88. The Kier molecular flexibility index (Phi) is 39.3. The minimum Gasteiger partial charge on any atom is -0.100 e. The first kappa shape index (κ1) is 61.5. The number of hydrogen-bond donors (Lipinski definition) is 0. The lowest BCUT2D eigenvalue weighted by Gasteiger charge is -2.35. The summed E-state index contributed by atoms with van der Waals surface area (Å²) in [6, 6.07) is 0. The van der Waals surface area contributed by atoms with Crippen LogP contribution in [0.5, 0.6) is 0 Å². The molecule has 50 heavy (non-hydrogen) atoms. The fraction of sp³-hybridized carbons (Fsp3) is 0.920. The number of allylic oxidation sites excluding steroid dienone is 3. The zero-order valence-electron chi connectivity index (χ0n) is 41.3. The van der Waals surface area contributed by atoms with Crippen molar-refractivity contribution in [2.45, 2.75) is 239 Å². The van der Waals surface area contributed by atoms with Crippen molar-refractivity contribution in [2.24, 2.45) is 63.1 Å². The molecule has 0 nitrogen and oxygen atoms in total. The quantitative estimate of drug-likeness (QED) is 0.167. The zero-order chi connectivity index (χ0) is 41.9. The van der Waals surface area contributed by atoms with E-state index in [4.69, 9.17) is 0 Å². The molecule has 0 aromatic rings. The molecular weight excluding hydrogens is 601 g/mol. The van der Waals surface area contributed by atoms with Crippen LogP contribution in [0.3, 0.4) is 0 Å². The second-order valence-electron chi connectivity index (χ2n) is 20.1. The van der Waals surface area contributed by atoms with Crippen molar-refractivity contribution >= 4 is 0 Å². The summed E-state index contributed by atoms with van der Waals surface area (Å²) >= 11 is 0. The van der Waals surface area contributed by atoms with Crippen LogP contribution >= 0.6 is 0 Å². The Morgan fingerprint density at radius 3 is 1.12 bits per heavy atom. The maximum absolute atomic E-state index is 3.67. The van der Waals surface area contributed by atoms with Crippen LogP contribution in [-0.4, -0.2) is 0 Å². The van der Waals surface area contributed by atoms with E-state index in [-0.39, 0.29) is 1.43 Å². The normalized spacial score (nSPS) is 14.6. The second kappa shape index (κ2) is 32.0. The van der Waals surface area contributed by atoms with E-state index in [9.17, 15) is 0 Å². The lowest BCUT2D eigenvalue weighted by molar-refractivity contribution is 0.147. The molecule has 0 saturated carbocycles. The second-order valence-corrected chi connectivity index (χ2v) is 20.1. The van der Waals surface area contributed by atoms with Gasteiger partial charge in [-0.05, 0) is 104 Å². The Hall–Kier alpha value is -0.520. The Labute approximate surface area is 326 Å². The molecule has 0 amide bonds. The van der Waals surface area contributed by atoms with E-state index in [2.05, 4.69) is 193 Å². The molecule has 0 aromatic carbocycles. The molecule has 0 bridgehead atoms. The van der Waals surface area contributed by atoms with Crippen molar-refractivity contribution in [3.05, 3.63) is 23.8 Å². The van der Waals surface area contributed by atoms with Gasteiger partial charge in [0.2, 0.25) is 0 Å². The summed E-state index contributed by atoms with van der Waals surface area (Å²) in [6.07, 6.45) is 11.1. The van der Waals surface area contributed by atoms with E-state index < -0.39 is 0 Å². The first-order chi connectivity index (χ1) is 22.3. The van der Waals surface area contributed by atoms with Gasteiger partial charge in [-0.2, -0.15) is 0 Å². The summed E-state index contributed by atoms with van der Waals surface area (Å²) in [7, 11) is 0. The summed E-state index contributed by atoms with van der Waals surface area (Å²) < 4.78 is 0. The summed E-state index contributed by atoms with van der Waals surface area (Å²) in [5.41, 5.74) is 4.71. The Balaban J connectivity index is -0.0000000926. The highest BCUT2D eigenvalue weighted by Crippen LogP contribution is 2.37. The van der Waals surface area contributed by atoms with Gasteiger partial charge in [0.15, 0.2) is 0 Å².